The number of rotatable bonds is 4. The summed E-state index contributed by atoms with van der Waals surface area (Å²) >= 11 is 0. The average molecular weight is 368 g/mol. The third-order valence-corrected chi connectivity index (χ3v) is 4.79. The molecule has 1 aliphatic carbocycles. The number of carbonyl (C=O) groups is 1. The lowest BCUT2D eigenvalue weighted by atomic mass is 9.97. The van der Waals surface area contributed by atoms with Crippen molar-refractivity contribution in [2.75, 3.05) is 24.5 Å². The predicted octanol–water partition coefficient (Wildman–Crippen LogP) is 1.90. The number of hydrogen-bond acceptors (Lipinski definition) is 5. The molecule has 26 heavy (non-hydrogen) atoms. The van der Waals surface area contributed by atoms with E-state index in [0.717, 1.165) is 25.1 Å². The van der Waals surface area contributed by atoms with E-state index in [2.05, 4.69) is 15.3 Å². The van der Waals surface area contributed by atoms with Crippen molar-refractivity contribution < 1.29 is 18.0 Å². The maximum absolute atomic E-state index is 12.3. The van der Waals surface area contributed by atoms with Crippen molar-refractivity contribution in [3.8, 4) is 0 Å². The van der Waals surface area contributed by atoms with E-state index in [1.165, 1.54) is 0 Å². The van der Waals surface area contributed by atoms with Crippen molar-refractivity contribution in [3.05, 3.63) is 18.0 Å². The Morgan fingerprint density at radius 3 is 2.77 bits per heavy atom. The molecule has 1 saturated carbocycles. The molecule has 1 amide bonds. The molecule has 2 aromatic rings. The lowest BCUT2D eigenvalue weighted by molar-refractivity contribution is -0.140. The largest absolute Gasteiger partial charge is 0.405 e. The molecule has 2 aromatic heterocycles. The summed E-state index contributed by atoms with van der Waals surface area (Å²) in [4.78, 5) is 14.0. The summed E-state index contributed by atoms with van der Waals surface area (Å²) in [5, 5.41) is 14.9. The molecule has 2 fully saturated rings. The molecule has 0 radical (unpaired) electrons. The Kier molecular flexibility index (Phi) is 4.20. The SMILES string of the molecule is O=C(NCC(F)(F)F)C1CCCN(c2ccc3nnc(C4CC4)n3n2)C1. The Morgan fingerprint density at radius 1 is 1.23 bits per heavy atom. The molecular weight excluding hydrogens is 349 g/mol. The molecular formula is C16H19F3N6O. The monoisotopic (exact) mass is 368 g/mol. The highest BCUT2D eigenvalue weighted by atomic mass is 19.4. The number of fused-ring (bicyclic) bond motifs is 1. The van der Waals surface area contributed by atoms with Crippen molar-refractivity contribution in [2.45, 2.75) is 37.8 Å². The van der Waals surface area contributed by atoms with Crippen molar-refractivity contribution >= 4 is 17.4 Å². The first-order valence-corrected chi connectivity index (χ1v) is 8.72. The van der Waals surface area contributed by atoms with Gasteiger partial charge in [0.05, 0.1) is 5.92 Å². The van der Waals surface area contributed by atoms with Gasteiger partial charge < -0.3 is 10.2 Å². The summed E-state index contributed by atoms with van der Waals surface area (Å²) in [5.41, 5.74) is 0.673. The van der Waals surface area contributed by atoms with Crippen molar-refractivity contribution in [1.82, 2.24) is 25.1 Å². The van der Waals surface area contributed by atoms with Crippen LogP contribution < -0.4 is 10.2 Å². The first-order chi connectivity index (χ1) is 12.4. The molecule has 1 unspecified atom stereocenters. The fraction of sp³-hybridized carbons (Fsp3) is 0.625. The van der Waals surface area contributed by atoms with Gasteiger partial charge in [0.25, 0.3) is 0 Å². The Morgan fingerprint density at radius 2 is 2.04 bits per heavy atom. The van der Waals surface area contributed by atoms with Crippen LogP contribution in [0, 0.1) is 5.92 Å². The Labute approximate surface area is 147 Å². The lowest BCUT2D eigenvalue weighted by Crippen LogP contribution is -2.45. The molecule has 1 saturated heterocycles. The summed E-state index contributed by atoms with van der Waals surface area (Å²) in [5.74, 6) is 0.893. The van der Waals surface area contributed by atoms with Crippen molar-refractivity contribution in [2.24, 2.45) is 5.92 Å². The zero-order chi connectivity index (χ0) is 18.3. The molecule has 140 valence electrons. The Bertz CT molecular complexity index is 816. The second-order valence-corrected chi connectivity index (χ2v) is 6.91. The standard InChI is InChI=1S/C16H19F3N6O/c17-16(18,19)9-20-15(26)11-2-1-7-24(8-11)13-6-5-12-21-22-14(10-3-4-10)25(12)23-13/h5-6,10-11H,1-4,7-9H2,(H,20,26). The van der Waals surface area contributed by atoms with Crippen LogP contribution in [0.3, 0.4) is 0 Å². The van der Waals surface area contributed by atoms with Gasteiger partial charge in [0, 0.05) is 19.0 Å². The summed E-state index contributed by atoms with van der Waals surface area (Å²) in [6, 6.07) is 3.64. The smallest absolute Gasteiger partial charge is 0.354 e. The van der Waals surface area contributed by atoms with E-state index >= 15 is 0 Å². The van der Waals surface area contributed by atoms with E-state index in [1.807, 2.05) is 22.3 Å². The highest BCUT2D eigenvalue weighted by Gasteiger charge is 2.32. The topological polar surface area (TPSA) is 75.4 Å². The molecule has 7 nitrogen and oxygen atoms in total. The van der Waals surface area contributed by atoms with E-state index in [1.54, 1.807) is 4.52 Å². The van der Waals surface area contributed by atoms with E-state index in [4.69, 9.17) is 0 Å². The predicted molar refractivity (Wildman–Crippen MR) is 86.8 cm³/mol. The van der Waals surface area contributed by atoms with Crippen LogP contribution in [0.4, 0.5) is 19.0 Å². The minimum absolute atomic E-state index is 0.350. The van der Waals surface area contributed by atoms with Crippen LogP contribution >= 0.6 is 0 Å². The molecule has 0 spiro atoms. The van der Waals surface area contributed by atoms with Crippen LogP contribution in [0.2, 0.25) is 0 Å². The second kappa shape index (κ2) is 6.40. The van der Waals surface area contributed by atoms with Crippen LogP contribution in [0.25, 0.3) is 5.65 Å². The molecule has 3 heterocycles. The second-order valence-electron chi connectivity index (χ2n) is 6.91. The zero-order valence-corrected chi connectivity index (χ0v) is 14.0. The molecule has 10 heteroatoms. The van der Waals surface area contributed by atoms with Gasteiger partial charge >= 0.3 is 6.18 Å². The molecule has 0 bridgehead atoms. The number of alkyl halides is 3. The molecule has 0 aromatic carbocycles. The van der Waals surface area contributed by atoms with Crippen molar-refractivity contribution in [3.63, 3.8) is 0 Å². The van der Waals surface area contributed by atoms with E-state index in [-0.39, 0.29) is 0 Å². The normalized spacial score (nSPS) is 21.2. The zero-order valence-electron chi connectivity index (χ0n) is 14.0. The number of amides is 1. The number of carbonyl (C=O) groups excluding carboxylic acids is 1. The Hall–Kier alpha value is -2.39. The fourth-order valence-corrected chi connectivity index (χ4v) is 3.29. The number of nitrogens with one attached hydrogen (secondary N) is 1. The number of nitrogens with zero attached hydrogens (tertiary/aromatic N) is 5. The molecule has 1 N–H and O–H groups in total. The van der Waals surface area contributed by atoms with Gasteiger partial charge in [0.2, 0.25) is 5.91 Å². The van der Waals surface area contributed by atoms with E-state index in [9.17, 15) is 18.0 Å². The number of hydrogen-bond donors (Lipinski definition) is 1. The fourth-order valence-electron chi connectivity index (χ4n) is 3.29. The minimum Gasteiger partial charge on any atom is -0.354 e. The van der Waals surface area contributed by atoms with Gasteiger partial charge in [-0.1, -0.05) is 0 Å². The summed E-state index contributed by atoms with van der Waals surface area (Å²) in [6.07, 6.45) is -0.941. The molecule has 2 aliphatic rings. The van der Waals surface area contributed by atoms with Crippen LogP contribution in [0.1, 0.15) is 37.4 Å². The van der Waals surface area contributed by atoms with Gasteiger partial charge in [-0.25, -0.2) is 0 Å². The third kappa shape index (κ3) is 3.58. The van der Waals surface area contributed by atoms with Crippen LogP contribution in [0.5, 0.6) is 0 Å². The molecule has 4 rings (SSSR count). The minimum atomic E-state index is -4.40. The summed E-state index contributed by atoms with van der Waals surface area (Å²) in [6.45, 7) is -0.233. The van der Waals surface area contributed by atoms with Gasteiger partial charge in [-0.05, 0) is 37.8 Å². The first-order valence-electron chi connectivity index (χ1n) is 8.72. The quantitative estimate of drug-likeness (QED) is 0.892. The third-order valence-electron chi connectivity index (χ3n) is 4.79. The van der Waals surface area contributed by atoms with Gasteiger partial charge in [-0.15, -0.1) is 15.3 Å². The highest BCUT2D eigenvalue weighted by Crippen LogP contribution is 2.38. The Balaban J connectivity index is 1.48. The number of aromatic nitrogens is 4. The lowest BCUT2D eigenvalue weighted by Gasteiger charge is -2.32. The van der Waals surface area contributed by atoms with Crippen LogP contribution in [-0.2, 0) is 4.79 Å². The maximum Gasteiger partial charge on any atom is 0.405 e. The van der Waals surface area contributed by atoms with Gasteiger partial charge in [-0.2, -0.15) is 17.7 Å². The van der Waals surface area contributed by atoms with Gasteiger partial charge in [-0.3, -0.25) is 4.79 Å². The maximum atomic E-state index is 12.3. The number of halogens is 3. The molecule has 1 aliphatic heterocycles. The first kappa shape index (κ1) is 17.0. The van der Waals surface area contributed by atoms with Crippen LogP contribution in [0.15, 0.2) is 12.1 Å². The van der Waals surface area contributed by atoms with Crippen molar-refractivity contribution in [1.29, 1.82) is 0 Å². The van der Waals surface area contributed by atoms with Gasteiger partial charge in [0.15, 0.2) is 11.5 Å². The van der Waals surface area contributed by atoms with Crippen LogP contribution in [-0.4, -0.2) is 51.5 Å². The molecule has 1 atom stereocenters. The summed E-state index contributed by atoms with van der Waals surface area (Å²) < 4.78 is 38.6. The summed E-state index contributed by atoms with van der Waals surface area (Å²) in [7, 11) is 0. The number of anilines is 1. The number of piperidine rings is 1. The van der Waals surface area contributed by atoms with E-state index < -0.39 is 24.5 Å². The highest BCUT2D eigenvalue weighted by molar-refractivity contribution is 5.79. The van der Waals surface area contributed by atoms with Gasteiger partial charge in [0.1, 0.15) is 12.4 Å². The average Bonchev–Trinajstić information content (AvgIpc) is 3.38. The van der Waals surface area contributed by atoms with E-state index in [0.29, 0.717) is 36.9 Å².